The van der Waals surface area contributed by atoms with Crippen molar-refractivity contribution in [2.75, 3.05) is 26.8 Å². The lowest BCUT2D eigenvalue weighted by atomic mass is 9.92. The normalized spacial score (nSPS) is 20.9. The van der Waals surface area contributed by atoms with E-state index in [0.29, 0.717) is 30.7 Å². The third-order valence-corrected chi connectivity index (χ3v) is 3.97. The molecule has 1 aromatic rings. The second-order valence-electron chi connectivity index (χ2n) is 6.20. The smallest absolute Gasteiger partial charge is 0.342 e. The molecule has 0 unspecified atom stereocenters. The lowest BCUT2D eigenvalue weighted by Gasteiger charge is -2.34. The fourth-order valence-corrected chi connectivity index (χ4v) is 2.97. The minimum absolute atomic E-state index is 0.0162. The molecule has 1 saturated heterocycles. The van der Waals surface area contributed by atoms with Crippen molar-refractivity contribution in [2.45, 2.75) is 20.3 Å². The van der Waals surface area contributed by atoms with Gasteiger partial charge in [-0.1, -0.05) is 13.8 Å². The molecule has 0 spiro atoms. The Morgan fingerprint density at radius 2 is 1.91 bits per heavy atom. The molecule has 1 aliphatic rings. The van der Waals surface area contributed by atoms with Crippen LogP contribution in [0.15, 0.2) is 18.2 Å². The molecule has 1 aliphatic heterocycles. The maximum absolute atomic E-state index is 12.2. The predicted molar refractivity (Wildman–Crippen MR) is 84.5 cm³/mol. The molecule has 0 aliphatic carbocycles. The quantitative estimate of drug-likeness (QED) is 0.859. The lowest BCUT2D eigenvalue weighted by Crippen LogP contribution is -2.44. The van der Waals surface area contributed by atoms with Gasteiger partial charge in [-0.05, 0) is 36.5 Å². The number of rotatable bonds is 4. The standard InChI is InChI=1S/C17H23NO5/c1-11-6-12(2)9-18(8-11)16(20)10-23-17(21)14-7-13(22-3)4-5-15(14)19/h4-5,7,11-12,19H,6,8-10H2,1-3H3/t11-,12-/m1/s1. The number of piperidine rings is 1. The number of phenolic OH excluding ortho intramolecular Hbond substituents is 1. The summed E-state index contributed by atoms with van der Waals surface area (Å²) in [7, 11) is 1.46. The van der Waals surface area contributed by atoms with Crippen molar-refractivity contribution >= 4 is 11.9 Å². The number of methoxy groups -OCH3 is 1. The number of aromatic hydroxyl groups is 1. The first-order valence-electron chi connectivity index (χ1n) is 7.72. The number of nitrogens with zero attached hydrogens (tertiary/aromatic N) is 1. The summed E-state index contributed by atoms with van der Waals surface area (Å²) in [6, 6.07) is 4.27. The molecule has 1 N–H and O–H groups in total. The Morgan fingerprint density at radius 1 is 1.26 bits per heavy atom. The summed E-state index contributed by atoms with van der Waals surface area (Å²) < 4.78 is 10.1. The lowest BCUT2D eigenvalue weighted by molar-refractivity contribution is -0.137. The van der Waals surface area contributed by atoms with E-state index in [-0.39, 0.29) is 23.8 Å². The fourth-order valence-electron chi connectivity index (χ4n) is 2.97. The zero-order valence-corrected chi connectivity index (χ0v) is 13.7. The van der Waals surface area contributed by atoms with Gasteiger partial charge >= 0.3 is 5.97 Å². The van der Waals surface area contributed by atoms with Gasteiger partial charge in [-0.15, -0.1) is 0 Å². The number of carbonyl (C=O) groups is 2. The highest BCUT2D eigenvalue weighted by Crippen LogP contribution is 2.24. The van der Waals surface area contributed by atoms with E-state index in [1.165, 1.54) is 25.3 Å². The minimum Gasteiger partial charge on any atom is -0.507 e. The number of esters is 1. The van der Waals surface area contributed by atoms with E-state index in [9.17, 15) is 14.7 Å². The minimum atomic E-state index is -0.743. The summed E-state index contributed by atoms with van der Waals surface area (Å²) in [5, 5.41) is 9.73. The van der Waals surface area contributed by atoms with Crippen LogP contribution in [0.1, 0.15) is 30.6 Å². The van der Waals surface area contributed by atoms with Crippen LogP contribution in [-0.2, 0) is 9.53 Å². The predicted octanol–water partition coefficient (Wildman–Crippen LogP) is 2.06. The summed E-state index contributed by atoms with van der Waals surface area (Å²) in [6.07, 6.45) is 1.10. The van der Waals surface area contributed by atoms with Gasteiger partial charge in [0, 0.05) is 13.1 Å². The van der Waals surface area contributed by atoms with Gasteiger partial charge in [-0.25, -0.2) is 4.79 Å². The van der Waals surface area contributed by atoms with Crippen LogP contribution in [0.4, 0.5) is 0 Å². The van der Waals surface area contributed by atoms with Gasteiger partial charge in [0.25, 0.3) is 5.91 Å². The van der Waals surface area contributed by atoms with Crippen LogP contribution in [0.3, 0.4) is 0 Å². The first-order valence-corrected chi connectivity index (χ1v) is 7.72. The third kappa shape index (κ3) is 4.37. The first kappa shape index (κ1) is 17.1. The zero-order valence-electron chi connectivity index (χ0n) is 13.7. The number of phenols is 1. The maximum Gasteiger partial charge on any atom is 0.342 e. The van der Waals surface area contributed by atoms with E-state index >= 15 is 0 Å². The van der Waals surface area contributed by atoms with Crippen LogP contribution in [0.5, 0.6) is 11.5 Å². The summed E-state index contributed by atoms with van der Waals surface area (Å²) in [6.45, 7) is 5.26. The summed E-state index contributed by atoms with van der Waals surface area (Å²) >= 11 is 0. The van der Waals surface area contributed by atoms with Crippen molar-refractivity contribution in [3.8, 4) is 11.5 Å². The van der Waals surface area contributed by atoms with Crippen LogP contribution < -0.4 is 4.74 Å². The second-order valence-corrected chi connectivity index (χ2v) is 6.20. The molecule has 0 saturated carbocycles. The van der Waals surface area contributed by atoms with Crippen molar-refractivity contribution in [3.05, 3.63) is 23.8 Å². The molecule has 0 bridgehead atoms. The molecular weight excluding hydrogens is 298 g/mol. The van der Waals surface area contributed by atoms with Crippen LogP contribution >= 0.6 is 0 Å². The van der Waals surface area contributed by atoms with E-state index in [2.05, 4.69) is 13.8 Å². The van der Waals surface area contributed by atoms with Crippen LogP contribution in [0.2, 0.25) is 0 Å². The molecule has 6 nitrogen and oxygen atoms in total. The Kier molecular flexibility index (Phi) is 5.47. The number of amides is 1. The Bertz CT molecular complexity index is 576. The number of ether oxygens (including phenoxy) is 2. The average molecular weight is 321 g/mol. The molecule has 0 aromatic heterocycles. The van der Waals surface area contributed by atoms with Gasteiger partial charge in [0.1, 0.15) is 17.1 Å². The van der Waals surface area contributed by atoms with E-state index < -0.39 is 5.97 Å². The van der Waals surface area contributed by atoms with Crippen LogP contribution in [0, 0.1) is 11.8 Å². The van der Waals surface area contributed by atoms with Crippen molar-refractivity contribution in [1.82, 2.24) is 4.90 Å². The molecule has 1 amide bonds. The van der Waals surface area contributed by atoms with Crippen molar-refractivity contribution < 1.29 is 24.2 Å². The molecule has 2 atom stereocenters. The van der Waals surface area contributed by atoms with E-state index in [4.69, 9.17) is 9.47 Å². The zero-order chi connectivity index (χ0) is 17.0. The Labute approximate surface area is 136 Å². The topological polar surface area (TPSA) is 76.1 Å². The van der Waals surface area contributed by atoms with Crippen LogP contribution in [0.25, 0.3) is 0 Å². The highest BCUT2D eigenvalue weighted by Gasteiger charge is 2.26. The molecule has 6 heteroatoms. The summed E-state index contributed by atoms with van der Waals surface area (Å²) in [5.41, 5.74) is -0.0162. The van der Waals surface area contributed by atoms with Crippen LogP contribution in [-0.4, -0.2) is 48.7 Å². The van der Waals surface area contributed by atoms with Crippen molar-refractivity contribution in [3.63, 3.8) is 0 Å². The largest absolute Gasteiger partial charge is 0.507 e. The highest BCUT2D eigenvalue weighted by molar-refractivity contribution is 5.94. The molecule has 23 heavy (non-hydrogen) atoms. The van der Waals surface area contributed by atoms with Gasteiger partial charge in [-0.2, -0.15) is 0 Å². The summed E-state index contributed by atoms with van der Waals surface area (Å²) in [4.78, 5) is 26.0. The molecule has 1 aromatic carbocycles. The van der Waals surface area contributed by atoms with Gasteiger partial charge in [0.15, 0.2) is 6.61 Å². The molecular formula is C17H23NO5. The van der Waals surface area contributed by atoms with Gasteiger partial charge in [0.2, 0.25) is 0 Å². The molecule has 2 rings (SSSR count). The number of hydrogen-bond donors (Lipinski definition) is 1. The van der Waals surface area contributed by atoms with Gasteiger partial charge in [-0.3, -0.25) is 4.79 Å². The third-order valence-electron chi connectivity index (χ3n) is 3.97. The van der Waals surface area contributed by atoms with E-state index in [1.807, 2.05) is 0 Å². The highest BCUT2D eigenvalue weighted by atomic mass is 16.5. The van der Waals surface area contributed by atoms with Gasteiger partial charge in [0.05, 0.1) is 7.11 Å². The Morgan fingerprint density at radius 3 is 2.52 bits per heavy atom. The van der Waals surface area contributed by atoms with Gasteiger partial charge < -0.3 is 19.5 Å². The average Bonchev–Trinajstić information content (AvgIpc) is 2.51. The number of benzene rings is 1. The first-order chi connectivity index (χ1) is 10.9. The maximum atomic E-state index is 12.2. The second kappa shape index (κ2) is 7.35. The van der Waals surface area contributed by atoms with Crippen molar-refractivity contribution in [1.29, 1.82) is 0 Å². The Hall–Kier alpha value is -2.24. The molecule has 1 fully saturated rings. The number of likely N-dealkylation sites (tertiary alicyclic amines) is 1. The Balaban J connectivity index is 1.95. The SMILES string of the molecule is COc1ccc(O)c(C(=O)OCC(=O)N2C[C@H](C)C[C@@H](C)C2)c1. The molecule has 126 valence electrons. The fraction of sp³-hybridized carbons (Fsp3) is 0.529. The number of carbonyl (C=O) groups excluding carboxylic acids is 2. The van der Waals surface area contributed by atoms with Crippen molar-refractivity contribution in [2.24, 2.45) is 11.8 Å². The summed E-state index contributed by atoms with van der Waals surface area (Å²) in [5.74, 6) is 0.164. The molecule has 0 radical (unpaired) electrons. The van der Waals surface area contributed by atoms with E-state index in [0.717, 1.165) is 6.42 Å². The number of hydrogen-bond acceptors (Lipinski definition) is 5. The monoisotopic (exact) mass is 321 g/mol. The van der Waals surface area contributed by atoms with E-state index in [1.54, 1.807) is 4.90 Å². The molecule has 1 heterocycles.